The number of rotatable bonds is 2. The molecule has 0 aliphatic heterocycles. The van der Waals surface area contributed by atoms with Crippen LogP contribution in [0.5, 0.6) is 0 Å². The van der Waals surface area contributed by atoms with Crippen LogP contribution in [0.1, 0.15) is 6.99 Å². The van der Waals surface area contributed by atoms with Gasteiger partial charge in [-0.2, -0.15) is 8.42 Å². The molecule has 11 heavy (non-hydrogen) atoms. The fraction of sp³-hybridized carbons (Fsp3) is 0.143. The summed E-state index contributed by atoms with van der Waals surface area (Å²) in [6.45, 7) is 0. The van der Waals surface area contributed by atoms with Crippen molar-refractivity contribution in [3.8, 4) is 0 Å². The molecule has 1 aromatic carbocycles. The maximum absolute atomic E-state index is 10.4. The molecule has 0 heterocycles. The van der Waals surface area contributed by atoms with Crippen molar-refractivity contribution in [1.82, 2.24) is 0 Å². The molecule has 0 saturated carbocycles. The zero-order valence-electron chi connectivity index (χ0n) is 5.77. The molecular formula is C7H10O3S. The lowest BCUT2D eigenvalue weighted by Gasteiger charge is -1.95. The van der Waals surface area contributed by atoms with Crippen LogP contribution in [0, 0.1) is 0 Å². The topological polar surface area (TPSA) is 54.4 Å². The maximum atomic E-state index is 10.4. The molecule has 0 unspecified atom stereocenters. The molecule has 0 aliphatic rings. The molecule has 1 rings (SSSR count). The normalized spacial score (nSPS) is 11.4. The number of benzene rings is 1. The first-order chi connectivity index (χ1) is 5.08. The molecule has 0 radical (unpaired) electrons. The molecule has 0 bridgehead atoms. The minimum Gasteiger partial charge on any atom is -0.285 e. The van der Waals surface area contributed by atoms with E-state index in [-0.39, 0.29) is 7.18 Å². The standard InChI is InChI=1S/C7H8O3S.H2/c8-11(9,10)6-7-4-2-1-3-5-7;/h1-5H,6H2,(H,8,9,10);1H. The smallest absolute Gasteiger partial charge is 0.269 e. The van der Waals surface area contributed by atoms with E-state index in [0.717, 1.165) is 0 Å². The van der Waals surface area contributed by atoms with Crippen molar-refractivity contribution in [2.75, 3.05) is 0 Å². The van der Waals surface area contributed by atoms with E-state index in [0.29, 0.717) is 5.56 Å². The number of hydrogen-bond donors (Lipinski definition) is 1. The highest BCUT2D eigenvalue weighted by Gasteiger charge is 2.04. The molecule has 0 amide bonds. The molecule has 3 nitrogen and oxygen atoms in total. The van der Waals surface area contributed by atoms with Gasteiger partial charge in [-0.25, -0.2) is 0 Å². The predicted octanol–water partition coefficient (Wildman–Crippen LogP) is 1.32. The first-order valence-electron chi connectivity index (χ1n) is 3.07. The van der Waals surface area contributed by atoms with Gasteiger partial charge in [-0.1, -0.05) is 30.3 Å². The SMILES string of the molecule is O=S(=O)(O)Cc1ccccc1.[HH]. The Labute approximate surface area is 66.9 Å². The number of hydrogen-bond acceptors (Lipinski definition) is 2. The lowest BCUT2D eigenvalue weighted by molar-refractivity contribution is 0.482. The van der Waals surface area contributed by atoms with Crippen LogP contribution < -0.4 is 0 Å². The predicted molar refractivity (Wildman–Crippen MR) is 43.8 cm³/mol. The van der Waals surface area contributed by atoms with Crippen molar-refractivity contribution in [3.63, 3.8) is 0 Å². The zero-order chi connectivity index (χ0) is 8.32. The van der Waals surface area contributed by atoms with Gasteiger partial charge in [0.05, 0.1) is 0 Å². The highest BCUT2D eigenvalue weighted by Crippen LogP contribution is 2.02. The van der Waals surface area contributed by atoms with Crippen molar-refractivity contribution >= 4 is 10.1 Å². The van der Waals surface area contributed by atoms with Gasteiger partial charge < -0.3 is 0 Å². The quantitative estimate of drug-likeness (QED) is 0.688. The van der Waals surface area contributed by atoms with Gasteiger partial charge in [0.15, 0.2) is 0 Å². The summed E-state index contributed by atoms with van der Waals surface area (Å²) < 4.78 is 29.2. The molecule has 1 N–H and O–H groups in total. The van der Waals surface area contributed by atoms with E-state index in [9.17, 15) is 8.42 Å². The minimum atomic E-state index is -3.88. The molecule has 62 valence electrons. The molecule has 0 fully saturated rings. The van der Waals surface area contributed by atoms with Crippen LogP contribution >= 0.6 is 0 Å². The molecule has 0 aromatic heterocycles. The van der Waals surface area contributed by atoms with Crippen LogP contribution in [0.25, 0.3) is 0 Å². The second kappa shape index (κ2) is 3.02. The van der Waals surface area contributed by atoms with Crippen LogP contribution in [-0.2, 0) is 15.9 Å². The summed E-state index contributed by atoms with van der Waals surface area (Å²) in [5.41, 5.74) is 0.593. The van der Waals surface area contributed by atoms with Gasteiger partial charge in [-0.3, -0.25) is 4.55 Å². The third kappa shape index (κ3) is 3.15. The Balaban J connectivity index is 0.00000121. The summed E-state index contributed by atoms with van der Waals surface area (Å²) in [5, 5.41) is 0. The Bertz CT molecular complexity index is 320. The third-order valence-corrected chi connectivity index (χ3v) is 1.89. The Kier molecular flexibility index (Phi) is 2.26. The summed E-state index contributed by atoms with van der Waals surface area (Å²) in [4.78, 5) is 0. The average Bonchev–Trinajstić information content (AvgIpc) is 1.85. The Morgan fingerprint density at radius 3 is 2.27 bits per heavy atom. The third-order valence-electron chi connectivity index (χ3n) is 1.19. The molecule has 4 heteroatoms. The fourth-order valence-electron chi connectivity index (χ4n) is 0.785. The summed E-state index contributed by atoms with van der Waals surface area (Å²) in [7, 11) is -3.88. The van der Waals surface area contributed by atoms with Gasteiger partial charge in [0.2, 0.25) is 0 Å². The van der Waals surface area contributed by atoms with Crippen molar-refractivity contribution in [3.05, 3.63) is 35.9 Å². The van der Waals surface area contributed by atoms with Gasteiger partial charge in [-0.05, 0) is 5.56 Å². The molecule has 1 aromatic rings. The van der Waals surface area contributed by atoms with Gasteiger partial charge in [0, 0.05) is 1.43 Å². The summed E-state index contributed by atoms with van der Waals surface area (Å²) in [6.07, 6.45) is 0. The van der Waals surface area contributed by atoms with E-state index in [1.165, 1.54) is 0 Å². The van der Waals surface area contributed by atoms with Crippen molar-refractivity contribution in [2.24, 2.45) is 0 Å². The summed E-state index contributed by atoms with van der Waals surface area (Å²) >= 11 is 0. The van der Waals surface area contributed by atoms with E-state index in [2.05, 4.69) is 0 Å². The Morgan fingerprint density at radius 2 is 1.82 bits per heavy atom. The van der Waals surface area contributed by atoms with E-state index in [1.54, 1.807) is 30.3 Å². The van der Waals surface area contributed by atoms with Crippen LogP contribution in [0.2, 0.25) is 0 Å². The van der Waals surface area contributed by atoms with Crippen LogP contribution in [0.4, 0.5) is 0 Å². The fourth-order valence-corrected chi connectivity index (χ4v) is 1.40. The molecule has 0 aliphatic carbocycles. The van der Waals surface area contributed by atoms with Gasteiger partial charge in [0.25, 0.3) is 10.1 Å². The zero-order valence-corrected chi connectivity index (χ0v) is 6.58. The van der Waals surface area contributed by atoms with Gasteiger partial charge >= 0.3 is 0 Å². The van der Waals surface area contributed by atoms with E-state index < -0.39 is 10.1 Å². The van der Waals surface area contributed by atoms with Gasteiger partial charge in [0.1, 0.15) is 5.75 Å². The molecule has 0 spiro atoms. The maximum Gasteiger partial charge on any atom is 0.269 e. The Morgan fingerprint density at radius 1 is 1.27 bits per heavy atom. The van der Waals surface area contributed by atoms with Crippen LogP contribution in [-0.4, -0.2) is 13.0 Å². The van der Waals surface area contributed by atoms with Crippen molar-refractivity contribution < 1.29 is 14.4 Å². The van der Waals surface area contributed by atoms with E-state index >= 15 is 0 Å². The van der Waals surface area contributed by atoms with E-state index in [1.807, 2.05) is 0 Å². The summed E-state index contributed by atoms with van der Waals surface area (Å²) in [6, 6.07) is 8.52. The first-order valence-corrected chi connectivity index (χ1v) is 4.68. The molecule has 0 saturated heterocycles. The summed E-state index contributed by atoms with van der Waals surface area (Å²) in [5.74, 6) is -0.312. The largest absolute Gasteiger partial charge is 0.285 e. The monoisotopic (exact) mass is 174 g/mol. The lowest BCUT2D eigenvalue weighted by atomic mass is 10.2. The van der Waals surface area contributed by atoms with Crippen molar-refractivity contribution in [2.45, 2.75) is 5.75 Å². The highest BCUT2D eigenvalue weighted by molar-refractivity contribution is 7.85. The Hall–Kier alpha value is -0.870. The van der Waals surface area contributed by atoms with Crippen LogP contribution in [0.3, 0.4) is 0 Å². The molecular weight excluding hydrogens is 164 g/mol. The molecule has 0 atom stereocenters. The van der Waals surface area contributed by atoms with Crippen molar-refractivity contribution in [1.29, 1.82) is 0 Å². The van der Waals surface area contributed by atoms with E-state index in [4.69, 9.17) is 4.55 Å². The lowest BCUT2D eigenvalue weighted by Crippen LogP contribution is -2.00. The van der Waals surface area contributed by atoms with Crippen LogP contribution in [0.15, 0.2) is 30.3 Å². The minimum absolute atomic E-state index is 0. The van der Waals surface area contributed by atoms with Gasteiger partial charge in [-0.15, -0.1) is 0 Å². The average molecular weight is 174 g/mol. The second-order valence-electron chi connectivity index (χ2n) is 2.21. The second-order valence-corrected chi connectivity index (χ2v) is 3.66. The first kappa shape index (κ1) is 8.23. The highest BCUT2D eigenvalue weighted by atomic mass is 32.2.